The predicted molar refractivity (Wildman–Crippen MR) is 105 cm³/mol. The van der Waals surface area contributed by atoms with E-state index in [1.807, 2.05) is 6.07 Å². The molecule has 1 aliphatic rings. The summed E-state index contributed by atoms with van der Waals surface area (Å²) in [6, 6.07) is 6.50. The lowest BCUT2D eigenvalue weighted by molar-refractivity contribution is -0.308. The highest BCUT2D eigenvalue weighted by molar-refractivity contribution is 5.97. The fourth-order valence-corrected chi connectivity index (χ4v) is 3.54. The number of rotatable bonds is 7. The van der Waals surface area contributed by atoms with E-state index in [2.05, 4.69) is 10.3 Å². The van der Waals surface area contributed by atoms with Crippen molar-refractivity contribution in [1.82, 2.24) is 15.2 Å². The number of benzene rings is 1. The predicted octanol–water partition coefficient (Wildman–Crippen LogP) is 0.0847. The number of likely N-dealkylation sites (tertiary alicyclic amines) is 1. The monoisotopic (exact) mass is 413 g/mol. The molecule has 3 atom stereocenters. The van der Waals surface area contributed by atoms with Gasteiger partial charge in [0.05, 0.1) is 18.1 Å². The van der Waals surface area contributed by atoms with Gasteiger partial charge in [-0.2, -0.15) is 0 Å². The van der Waals surface area contributed by atoms with Crippen LogP contribution < -0.4 is 16.2 Å². The number of carbonyl (C=O) groups is 3. The second-order valence-electron chi connectivity index (χ2n) is 7.47. The summed E-state index contributed by atoms with van der Waals surface area (Å²) in [7, 11) is 0. The van der Waals surface area contributed by atoms with Crippen molar-refractivity contribution >= 4 is 17.8 Å². The normalized spacial score (nSPS) is 18.1. The highest BCUT2D eigenvalue weighted by atomic mass is 16.4. The van der Waals surface area contributed by atoms with Gasteiger partial charge in [-0.3, -0.25) is 9.59 Å². The number of carboxylic acid groups (broad SMARTS) is 1. The van der Waals surface area contributed by atoms with Gasteiger partial charge in [0.2, 0.25) is 11.8 Å². The lowest BCUT2D eigenvalue weighted by atomic mass is 10.1. The lowest BCUT2D eigenvalue weighted by Gasteiger charge is -2.26. The van der Waals surface area contributed by atoms with E-state index in [0.29, 0.717) is 25.1 Å². The minimum Gasteiger partial charge on any atom is -0.548 e. The van der Waals surface area contributed by atoms with Gasteiger partial charge in [0.15, 0.2) is 5.69 Å². The van der Waals surface area contributed by atoms with E-state index in [4.69, 9.17) is 10.2 Å². The third kappa shape index (κ3) is 4.68. The van der Waals surface area contributed by atoms with Crippen LogP contribution in [0.3, 0.4) is 0 Å². The molecule has 2 amide bonds. The quantitative estimate of drug-likeness (QED) is 0.655. The zero-order chi connectivity index (χ0) is 21.8. The molecule has 30 heavy (non-hydrogen) atoms. The number of nitrogens with two attached hydrogens (primary N) is 1. The van der Waals surface area contributed by atoms with Gasteiger partial charge < -0.3 is 30.3 Å². The SMILES string of the molecule is Cc1oc(C(C)N)nc1C(=O)N1CCCC1C(=O)NC(Cc1ccccc1)C(=O)[O-]. The van der Waals surface area contributed by atoms with E-state index in [1.54, 1.807) is 38.1 Å². The largest absolute Gasteiger partial charge is 0.548 e. The summed E-state index contributed by atoms with van der Waals surface area (Å²) in [5.41, 5.74) is 6.64. The summed E-state index contributed by atoms with van der Waals surface area (Å²) in [4.78, 5) is 43.0. The third-order valence-corrected chi connectivity index (χ3v) is 5.11. The van der Waals surface area contributed by atoms with Crippen LogP contribution in [0.4, 0.5) is 0 Å². The molecular formula is C21H25N4O5-. The molecule has 0 bridgehead atoms. The van der Waals surface area contributed by atoms with E-state index >= 15 is 0 Å². The summed E-state index contributed by atoms with van der Waals surface area (Å²) in [5.74, 6) is -1.77. The Balaban J connectivity index is 1.73. The summed E-state index contributed by atoms with van der Waals surface area (Å²) in [5, 5.41) is 14.1. The Morgan fingerprint density at radius 2 is 2.03 bits per heavy atom. The molecule has 9 heteroatoms. The molecule has 1 saturated heterocycles. The van der Waals surface area contributed by atoms with E-state index in [0.717, 1.165) is 5.56 Å². The first-order valence-corrected chi connectivity index (χ1v) is 9.87. The Morgan fingerprint density at radius 3 is 2.63 bits per heavy atom. The fourth-order valence-electron chi connectivity index (χ4n) is 3.54. The zero-order valence-electron chi connectivity index (χ0n) is 17.0. The minimum atomic E-state index is -1.38. The van der Waals surface area contributed by atoms with Crippen molar-refractivity contribution in [2.75, 3.05) is 6.54 Å². The third-order valence-electron chi connectivity index (χ3n) is 5.11. The van der Waals surface area contributed by atoms with Crippen LogP contribution in [0, 0.1) is 6.92 Å². The van der Waals surface area contributed by atoms with Crippen LogP contribution >= 0.6 is 0 Å². The Morgan fingerprint density at radius 1 is 1.33 bits per heavy atom. The molecular weight excluding hydrogens is 388 g/mol. The van der Waals surface area contributed by atoms with Crippen LogP contribution in [0.2, 0.25) is 0 Å². The molecule has 0 spiro atoms. The van der Waals surface area contributed by atoms with E-state index in [1.165, 1.54) is 4.90 Å². The number of carbonyl (C=O) groups excluding carboxylic acids is 3. The van der Waals surface area contributed by atoms with Crippen molar-refractivity contribution in [3.8, 4) is 0 Å². The van der Waals surface area contributed by atoms with Gasteiger partial charge in [0.25, 0.3) is 5.91 Å². The summed E-state index contributed by atoms with van der Waals surface area (Å²) in [6.45, 7) is 3.67. The number of aromatic nitrogens is 1. The Kier molecular flexibility index (Phi) is 6.51. The van der Waals surface area contributed by atoms with Crippen LogP contribution in [0.15, 0.2) is 34.7 Å². The van der Waals surface area contributed by atoms with Gasteiger partial charge in [0.1, 0.15) is 11.8 Å². The van der Waals surface area contributed by atoms with Crippen molar-refractivity contribution in [3.05, 3.63) is 53.2 Å². The van der Waals surface area contributed by atoms with Crippen LogP contribution in [0.5, 0.6) is 0 Å². The topological polar surface area (TPSA) is 142 Å². The molecule has 3 unspecified atom stereocenters. The van der Waals surface area contributed by atoms with Crippen molar-refractivity contribution in [2.45, 2.75) is 51.2 Å². The smallest absolute Gasteiger partial charge is 0.276 e. The first-order chi connectivity index (χ1) is 14.3. The van der Waals surface area contributed by atoms with Gasteiger partial charge in [0, 0.05) is 6.54 Å². The van der Waals surface area contributed by atoms with Crippen molar-refractivity contribution < 1.29 is 23.9 Å². The van der Waals surface area contributed by atoms with Gasteiger partial charge >= 0.3 is 0 Å². The van der Waals surface area contributed by atoms with Crippen LogP contribution in [0.1, 0.15) is 53.5 Å². The number of nitrogens with zero attached hydrogens (tertiary/aromatic N) is 2. The molecule has 3 rings (SSSR count). The summed E-state index contributed by atoms with van der Waals surface area (Å²) < 4.78 is 5.44. The molecule has 0 radical (unpaired) electrons. The van der Waals surface area contributed by atoms with Crippen LogP contribution in [0.25, 0.3) is 0 Å². The number of amides is 2. The molecule has 0 saturated carbocycles. The maximum Gasteiger partial charge on any atom is 0.276 e. The first kappa shape index (κ1) is 21.5. The fraction of sp³-hybridized carbons (Fsp3) is 0.429. The van der Waals surface area contributed by atoms with Gasteiger partial charge in [-0.25, -0.2) is 4.98 Å². The number of aliphatic carboxylic acids is 1. The molecule has 0 aliphatic carbocycles. The molecule has 3 N–H and O–H groups in total. The number of nitrogens with one attached hydrogen (secondary N) is 1. The maximum atomic E-state index is 13.0. The summed E-state index contributed by atoms with van der Waals surface area (Å²) in [6.07, 6.45) is 1.14. The molecule has 1 aromatic carbocycles. The van der Waals surface area contributed by atoms with Crippen molar-refractivity contribution in [3.63, 3.8) is 0 Å². The number of oxazole rings is 1. The average molecular weight is 413 g/mol. The maximum absolute atomic E-state index is 13.0. The Bertz CT molecular complexity index is 925. The molecule has 9 nitrogen and oxygen atoms in total. The molecule has 2 heterocycles. The molecule has 1 fully saturated rings. The van der Waals surface area contributed by atoms with Crippen molar-refractivity contribution in [2.24, 2.45) is 5.73 Å². The number of aryl methyl sites for hydroxylation is 1. The molecule has 1 aliphatic heterocycles. The first-order valence-electron chi connectivity index (χ1n) is 9.87. The highest BCUT2D eigenvalue weighted by Crippen LogP contribution is 2.23. The van der Waals surface area contributed by atoms with E-state index < -0.39 is 35.9 Å². The summed E-state index contributed by atoms with van der Waals surface area (Å²) >= 11 is 0. The van der Waals surface area contributed by atoms with E-state index in [-0.39, 0.29) is 18.0 Å². The number of carboxylic acids is 1. The average Bonchev–Trinajstić information content (AvgIpc) is 3.34. The van der Waals surface area contributed by atoms with E-state index in [9.17, 15) is 19.5 Å². The second-order valence-corrected chi connectivity index (χ2v) is 7.47. The van der Waals surface area contributed by atoms with Crippen LogP contribution in [-0.4, -0.2) is 46.3 Å². The standard InChI is InChI=1S/C21H26N4O5/c1-12(22)19-24-17(13(2)30-19)20(27)25-10-6-9-16(25)18(26)23-15(21(28)29)11-14-7-4-3-5-8-14/h3-5,7-8,12,15-16H,6,9-11,22H2,1-2H3,(H,23,26)(H,28,29)/p-1. The molecule has 160 valence electrons. The van der Waals surface area contributed by atoms with Crippen molar-refractivity contribution in [1.29, 1.82) is 0 Å². The number of hydrogen-bond acceptors (Lipinski definition) is 7. The molecule has 2 aromatic rings. The second kappa shape index (κ2) is 9.08. The zero-order valence-corrected chi connectivity index (χ0v) is 17.0. The lowest BCUT2D eigenvalue weighted by Crippen LogP contribution is -2.54. The van der Waals surface area contributed by atoms with Gasteiger partial charge in [-0.05, 0) is 38.7 Å². The van der Waals surface area contributed by atoms with Gasteiger partial charge in [-0.15, -0.1) is 0 Å². The minimum absolute atomic E-state index is 0.0930. The Labute approximate surface area is 174 Å². The van der Waals surface area contributed by atoms with Gasteiger partial charge in [-0.1, -0.05) is 30.3 Å². The molecule has 1 aromatic heterocycles. The number of hydrogen-bond donors (Lipinski definition) is 2. The Hall–Kier alpha value is -3.20. The van der Waals surface area contributed by atoms with Crippen LogP contribution in [-0.2, 0) is 16.0 Å². The highest BCUT2D eigenvalue weighted by Gasteiger charge is 2.37.